The van der Waals surface area contributed by atoms with Crippen LogP contribution in [0.15, 0.2) is 47.4 Å². The van der Waals surface area contributed by atoms with Gasteiger partial charge in [-0.15, -0.1) is 0 Å². The van der Waals surface area contributed by atoms with Gasteiger partial charge in [-0.2, -0.15) is 4.31 Å². The summed E-state index contributed by atoms with van der Waals surface area (Å²) < 4.78 is 38.0. The Hall–Kier alpha value is -2.05. The van der Waals surface area contributed by atoms with Crippen molar-refractivity contribution in [3.05, 3.63) is 53.6 Å². The van der Waals surface area contributed by atoms with Crippen LogP contribution in [0.4, 0.5) is 0 Å². The maximum atomic E-state index is 12.9. The lowest BCUT2D eigenvalue weighted by atomic mass is 10.2. The van der Waals surface area contributed by atoms with Crippen molar-refractivity contribution in [2.24, 2.45) is 0 Å². The predicted octanol–water partition coefficient (Wildman–Crippen LogP) is 3.61. The molecule has 0 aromatic heterocycles. The maximum absolute atomic E-state index is 12.9. The third-order valence-corrected chi connectivity index (χ3v) is 5.83. The summed E-state index contributed by atoms with van der Waals surface area (Å²) in [6.07, 6.45) is 0. The molecule has 0 bridgehead atoms. The van der Waals surface area contributed by atoms with Crippen LogP contribution < -0.4 is 9.47 Å². The summed E-state index contributed by atoms with van der Waals surface area (Å²) in [5.41, 5.74) is 1.87. The number of aryl methyl sites for hydroxylation is 1. The smallest absolute Gasteiger partial charge is 0.243 e. The summed E-state index contributed by atoms with van der Waals surface area (Å²) in [4.78, 5) is 0.304. The summed E-state index contributed by atoms with van der Waals surface area (Å²) in [5.74, 6) is 1.25. The molecule has 136 valence electrons. The van der Waals surface area contributed by atoms with Crippen LogP contribution in [0.25, 0.3) is 0 Å². The van der Waals surface area contributed by atoms with Crippen LogP contribution in [-0.2, 0) is 16.6 Å². The molecule has 0 aliphatic heterocycles. The van der Waals surface area contributed by atoms with Crippen molar-refractivity contribution >= 4 is 10.0 Å². The Morgan fingerprint density at radius 1 is 1.00 bits per heavy atom. The molecule has 0 atom stereocenters. The zero-order valence-corrected chi connectivity index (χ0v) is 16.0. The second-order valence-corrected chi connectivity index (χ2v) is 7.60. The van der Waals surface area contributed by atoms with Gasteiger partial charge < -0.3 is 9.47 Å². The molecular weight excluding hydrogens is 338 g/mol. The van der Waals surface area contributed by atoms with Gasteiger partial charge in [-0.3, -0.25) is 0 Å². The Balaban J connectivity index is 2.28. The second kappa shape index (κ2) is 8.36. The van der Waals surface area contributed by atoms with Gasteiger partial charge >= 0.3 is 0 Å². The second-order valence-electron chi connectivity index (χ2n) is 5.66. The summed E-state index contributed by atoms with van der Waals surface area (Å²) in [7, 11) is -1.97. The molecule has 0 saturated carbocycles. The van der Waals surface area contributed by atoms with Gasteiger partial charge in [0.05, 0.1) is 18.6 Å². The Morgan fingerprint density at radius 3 is 2.24 bits per heavy atom. The molecule has 0 N–H and O–H groups in total. The summed E-state index contributed by atoms with van der Waals surface area (Å²) in [5, 5.41) is 0. The Morgan fingerprint density at radius 2 is 1.68 bits per heavy atom. The first-order valence-electron chi connectivity index (χ1n) is 8.28. The lowest BCUT2D eigenvalue weighted by Gasteiger charge is -2.21. The molecule has 0 saturated heterocycles. The summed E-state index contributed by atoms with van der Waals surface area (Å²) >= 11 is 0. The summed E-state index contributed by atoms with van der Waals surface area (Å²) in [6.45, 7) is 6.86. The van der Waals surface area contributed by atoms with E-state index in [9.17, 15) is 8.42 Å². The molecule has 0 heterocycles. The van der Waals surface area contributed by atoms with Gasteiger partial charge in [0.2, 0.25) is 10.0 Å². The van der Waals surface area contributed by atoms with E-state index in [-0.39, 0.29) is 6.54 Å². The molecule has 0 radical (unpaired) electrons. The minimum absolute atomic E-state index is 0.273. The van der Waals surface area contributed by atoms with Crippen molar-refractivity contribution in [1.82, 2.24) is 4.31 Å². The molecule has 0 fully saturated rings. The number of hydrogen-bond acceptors (Lipinski definition) is 4. The lowest BCUT2D eigenvalue weighted by Crippen LogP contribution is -2.30. The van der Waals surface area contributed by atoms with E-state index >= 15 is 0 Å². The highest BCUT2D eigenvalue weighted by Gasteiger charge is 2.23. The molecule has 6 heteroatoms. The normalized spacial score (nSPS) is 11.6. The quantitative estimate of drug-likeness (QED) is 0.719. The van der Waals surface area contributed by atoms with Gasteiger partial charge in [0.25, 0.3) is 0 Å². The number of methoxy groups -OCH3 is 1. The zero-order valence-electron chi connectivity index (χ0n) is 15.2. The predicted molar refractivity (Wildman–Crippen MR) is 98.6 cm³/mol. The van der Waals surface area contributed by atoms with Gasteiger partial charge in [-0.1, -0.05) is 30.7 Å². The van der Waals surface area contributed by atoms with E-state index in [0.29, 0.717) is 29.5 Å². The van der Waals surface area contributed by atoms with Crippen LogP contribution >= 0.6 is 0 Å². The largest absolute Gasteiger partial charge is 0.493 e. The van der Waals surface area contributed by atoms with Crippen LogP contribution in [0.3, 0.4) is 0 Å². The number of hydrogen-bond donors (Lipinski definition) is 0. The average molecular weight is 363 g/mol. The van der Waals surface area contributed by atoms with E-state index in [1.807, 2.05) is 39.0 Å². The van der Waals surface area contributed by atoms with Crippen LogP contribution in [0.5, 0.6) is 11.5 Å². The number of benzene rings is 2. The van der Waals surface area contributed by atoms with Crippen molar-refractivity contribution in [2.45, 2.75) is 32.2 Å². The van der Waals surface area contributed by atoms with Gasteiger partial charge in [0.15, 0.2) is 11.5 Å². The SMILES string of the molecule is CCOc1ccc(CN(CC)S(=O)(=O)c2ccc(C)cc2)cc1OC. The maximum Gasteiger partial charge on any atom is 0.243 e. The molecule has 2 aromatic rings. The van der Waals surface area contributed by atoms with Gasteiger partial charge in [0.1, 0.15) is 0 Å². The van der Waals surface area contributed by atoms with Crippen molar-refractivity contribution in [1.29, 1.82) is 0 Å². The number of rotatable bonds is 8. The number of ether oxygens (including phenoxy) is 2. The minimum Gasteiger partial charge on any atom is -0.493 e. The Labute approximate surface area is 150 Å². The van der Waals surface area contributed by atoms with Crippen molar-refractivity contribution < 1.29 is 17.9 Å². The average Bonchev–Trinajstić information content (AvgIpc) is 2.61. The van der Waals surface area contributed by atoms with Crippen molar-refractivity contribution in [3.8, 4) is 11.5 Å². The fourth-order valence-corrected chi connectivity index (χ4v) is 3.95. The fourth-order valence-electron chi connectivity index (χ4n) is 2.51. The van der Waals surface area contributed by atoms with Crippen LogP contribution in [-0.4, -0.2) is 33.0 Å². The third-order valence-electron chi connectivity index (χ3n) is 3.90. The fraction of sp³-hybridized carbons (Fsp3) is 0.368. The van der Waals surface area contributed by atoms with Crippen LogP contribution in [0, 0.1) is 6.92 Å². The van der Waals surface area contributed by atoms with Gasteiger partial charge in [-0.05, 0) is 43.7 Å². The Bertz CT molecular complexity index is 801. The van der Waals surface area contributed by atoms with Crippen molar-refractivity contribution in [2.75, 3.05) is 20.3 Å². The molecule has 25 heavy (non-hydrogen) atoms. The van der Waals surface area contributed by atoms with Gasteiger partial charge in [0, 0.05) is 13.1 Å². The van der Waals surface area contributed by atoms with E-state index in [0.717, 1.165) is 11.1 Å². The lowest BCUT2D eigenvalue weighted by molar-refractivity contribution is 0.310. The molecular formula is C19H25NO4S. The molecule has 5 nitrogen and oxygen atoms in total. The first kappa shape index (κ1) is 19.3. The standard InChI is InChI=1S/C19H25NO4S/c1-5-20(25(21,22)17-10-7-15(3)8-11-17)14-16-9-12-18(24-6-2)19(13-16)23-4/h7-13H,5-6,14H2,1-4H3. The van der Waals surface area contributed by atoms with E-state index in [1.54, 1.807) is 31.4 Å². The van der Waals surface area contributed by atoms with E-state index in [4.69, 9.17) is 9.47 Å². The van der Waals surface area contributed by atoms with Crippen LogP contribution in [0.2, 0.25) is 0 Å². The first-order valence-corrected chi connectivity index (χ1v) is 9.72. The van der Waals surface area contributed by atoms with Crippen LogP contribution in [0.1, 0.15) is 25.0 Å². The molecule has 0 unspecified atom stereocenters. The highest BCUT2D eigenvalue weighted by atomic mass is 32.2. The third kappa shape index (κ3) is 4.52. The topological polar surface area (TPSA) is 55.8 Å². The molecule has 2 rings (SSSR count). The summed E-state index contributed by atoms with van der Waals surface area (Å²) in [6, 6.07) is 12.4. The minimum atomic E-state index is -3.54. The monoisotopic (exact) mass is 363 g/mol. The van der Waals surface area contributed by atoms with E-state index in [1.165, 1.54) is 4.31 Å². The highest BCUT2D eigenvalue weighted by Crippen LogP contribution is 2.29. The van der Waals surface area contributed by atoms with Gasteiger partial charge in [-0.25, -0.2) is 8.42 Å². The highest BCUT2D eigenvalue weighted by molar-refractivity contribution is 7.89. The molecule has 0 aliphatic carbocycles. The number of nitrogens with zero attached hydrogens (tertiary/aromatic N) is 1. The Kier molecular flexibility index (Phi) is 6.45. The van der Waals surface area contributed by atoms with E-state index < -0.39 is 10.0 Å². The molecule has 0 spiro atoms. The molecule has 0 amide bonds. The molecule has 0 aliphatic rings. The van der Waals surface area contributed by atoms with E-state index in [2.05, 4.69) is 0 Å². The molecule has 2 aromatic carbocycles. The first-order chi connectivity index (χ1) is 11.9. The zero-order chi connectivity index (χ0) is 18.4. The number of sulfonamides is 1. The van der Waals surface area contributed by atoms with Crippen molar-refractivity contribution in [3.63, 3.8) is 0 Å².